The maximum Gasteiger partial charge on any atom is 0.245 e. The van der Waals surface area contributed by atoms with Gasteiger partial charge in [-0.25, -0.2) is 4.98 Å². The fourth-order valence-corrected chi connectivity index (χ4v) is 4.21. The molecule has 4 rings (SSSR count). The van der Waals surface area contributed by atoms with Crippen LogP contribution < -0.4 is 15.1 Å². The minimum Gasteiger partial charge on any atom is -0.370 e. The number of anilines is 3. The number of carbonyl (C=O) groups excluding carboxylic acids is 2. The number of benzene rings is 1. The number of nitrogens with zero attached hydrogens (tertiary/aromatic N) is 3. The van der Waals surface area contributed by atoms with E-state index in [1.165, 1.54) is 24.6 Å². The minimum atomic E-state index is -0.249. The molecule has 6 nitrogen and oxygen atoms in total. The molecule has 1 aromatic carbocycles. The van der Waals surface area contributed by atoms with Crippen LogP contribution in [0.15, 0.2) is 47.5 Å². The second kappa shape index (κ2) is 7.37. The topological polar surface area (TPSA) is 65.5 Å². The lowest BCUT2D eigenvalue weighted by atomic mass is 10.2. The van der Waals surface area contributed by atoms with Gasteiger partial charge in [-0.3, -0.25) is 9.59 Å². The molecule has 0 saturated carbocycles. The highest BCUT2D eigenvalue weighted by Crippen LogP contribution is 2.34. The quantitative estimate of drug-likeness (QED) is 0.899. The monoisotopic (exact) mass is 368 g/mol. The van der Waals surface area contributed by atoms with E-state index in [0.29, 0.717) is 11.6 Å². The molecular formula is C19H20N4O2S. The Bertz CT molecular complexity index is 819. The Balaban J connectivity index is 1.42. The molecule has 2 aliphatic rings. The van der Waals surface area contributed by atoms with Crippen molar-refractivity contribution in [1.29, 1.82) is 0 Å². The Morgan fingerprint density at radius 1 is 1.15 bits per heavy atom. The molecule has 26 heavy (non-hydrogen) atoms. The van der Waals surface area contributed by atoms with E-state index in [1.54, 1.807) is 11.1 Å². The fourth-order valence-electron chi connectivity index (χ4n) is 3.28. The molecule has 1 saturated heterocycles. The summed E-state index contributed by atoms with van der Waals surface area (Å²) in [7, 11) is 0. The molecule has 2 aliphatic heterocycles. The van der Waals surface area contributed by atoms with Gasteiger partial charge in [0, 0.05) is 18.0 Å². The number of aromatic nitrogens is 1. The average molecular weight is 368 g/mol. The Morgan fingerprint density at radius 2 is 1.96 bits per heavy atom. The van der Waals surface area contributed by atoms with E-state index in [9.17, 15) is 9.59 Å². The van der Waals surface area contributed by atoms with E-state index < -0.39 is 0 Å². The predicted molar refractivity (Wildman–Crippen MR) is 104 cm³/mol. The third kappa shape index (κ3) is 3.53. The lowest BCUT2D eigenvalue weighted by Gasteiger charge is -2.28. The first-order valence-corrected chi connectivity index (χ1v) is 9.72. The zero-order valence-corrected chi connectivity index (χ0v) is 15.2. The number of pyridine rings is 1. The van der Waals surface area contributed by atoms with Crippen LogP contribution in [0.1, 0.15) is 12.8 Å². The van der Waals surface area contributed by atoms with Crippen molar-refractivity contribution in [3.63, 3.8) is 0 Å². The number of amides is 2. The molecule has 1 fully saturated rings. The van der Waals surface area contributed by atoms with Gasteiger partial charge in [-0.2, -0.15) is 0 Å². The number of rotatable bonds is 4. The van der Waals surface area contributed by atoms with Gasteiger partial charge in [-0.05, 0) is 37.1 Å². The number of fused-ring (bicyclic) bond motifs is 1. The van der Waals surface area contributed by atoms with Crippen LogP contribution in [0.3, 0.4) is 0 Å². The molecule has 0 aliphatic carbocycles. The first kappa shape index (κ1) is 16.9. The van der Waals surface area contributed by atoms with Gasteiger partial charge in [0.2, 0.25) is 11.8 Å². The molecule has 0 bridgehead atoms. The van der Waals surface area contributed by atoms with Crippen LogP contribution in [0.5, 0.6) is 0 Å². The third-order valence-electron chi connectivity index (χ3n) is 4.60. The van der Waals surface area contributed by atoms with E-state index >= 15 is 0 Å². The molecule has 7 heteroatoms. The number of nitrogens with one attached hydrogen (secondary N) is 1. The summed E-state index contributed by atoms with van der Waals surface area (Å²) in [5.74, 6) is 0.556. The summed E-state index contributed by atoms with van der Waals surface area (Å²) in [6.07, 6.45) is 4.21. The van der Waals surface area contributed by atoms with Crippen molar-refractivity contribution in [2.45, 2.75) is 17.7 Å². The molecule has 1 N–H and O–H groups in total. The van der Waals surface area contributed by atoms with Gasteiger partial charge in [-0.15, -0.1) is 11.8 Å². The van der Waals surface area contributed by atoms with Crippen LogP contribution >= 0.6 is 11.8 Å². The highest BCUT2D eigenvalue weighted by Gasteiger charge is 2.26. The first-order valence-electron chi connectivity index (χ1n) is 8.74. The lowest BCUT2D eigenvalue weighted by Crippen LogP contribution is -2.41. The smallest absolute Gasteiger partial charge is 0.245 e. The molecule has 2 aromatic rings. The third-order valence-corrected chi connectivity index (χ3v) is 5.64. The molecule has 134 valence electrons. The largest absolute Gasteiger partial charge is 0.370 e. The zero-order chi connectivity index (χ0) is 17.9. The summed E-state index contributed by atoms with van der Waals surface area (Å²) in [6.45, 7) is 2.11. The minimum absolute atomic E-state index is 0.00797. The standard InChI is InChI=1S/C19H20N4O2S/c24-18(12-23-15-5-1-2-6-16(15)26-13-19(23)25)21-17-8-7-14(11-20-17)22-9-3-4-10-22/h1-2,5-8,11H,3-4,9-10,12-13H2,(H,20,21,24). The number of para-hydroxylation sites is 1. The summed E-state index contributed by atoms with van der Waals surface area (Å²) in [4.78, 5) is 33.8. The molecule has 3 heterocycles. The van der Waals surface area contributed by atoms with Crippen molar-refractivity contribution in [1.82, 2.24) is 4.98 Å². The first-order chi connectivity index (χ1) is 12.7. The van der Waals surface area contributed by atoms with Crippen LogP contribution in [0.25, 0.3) is 0 Å². The maximum atomic E-state index is 12.4. The van der Waals surface area contributed by atoms with Gasteiger partial charge in [0.1, 0.15) is 12.4 Å². The number of carbonyl (C=O) groups is 2. The van der Waals surface area contributed by atoms with Crippen molar-refractivity contribution >= 4 is 40.8 Å². The Kier molecular flexibility index (Phi) is 4.79. The molecular weight excluding hydrogens is 348 g/mol. The normalized spacial score (nSPS) is 16.5. The molecule has 0 atom stereocenters. The van der Waals surface area contributed by atoms with Crippen molar-refractivity contribution in [3.05, 3.63) is 42.6 Å². The van der Waals surface area contributed by atoms with E-state index in [4.69, 9.17) is 0 Å². The SMILES string of the molecule is O=C(CN1C(=O)CSc2ccccc21)Nc1ccc(N2CCCC2)cn1. The summed E-state index contributed by atoms with van der Waals surface area (Å²) in [5.41, 5.74) is 1.87. The highest BCUT2D eigenvalue weighted by atomic mass is 32.2. The van der Waals surface area contributed by atoms with Gasteiger partial charge in [-0.1, -0.05) is 12.1 Å². The van der Waals surface area contributed by atoms with Gasteiger partial charge < -0.3 is 15.1 Å². The Hall–Kier alpha value is -2.54. The fraction of sp³-hybridized carbons (Fsp3) is 0.316. The second-order valence-corrected chi connectivity index (χ2v) is 7.40. The summed E-state index contributed by atoms with van der Waals surface area (Å²) in [5, 5.41) is 2.79. The second-order valence-electron chi connectivity index (χ2n) is 6.38. The molecule has 2 amide bonds. The number of thioether (sulfide) groups is 1. The van der Waals surface area contributed by atoms with Crippen LogP contribution in [-0.4, -0.2) is 42.2 Å². The van der Waals surface area contributed by atoms with Crippen LogP contribution in [0, 0.1) is 0 Å². The lowest BCUT2D eigenvalue weighted by molar-refractivity contribution is -0.120. The van der Waals surface area contributed by atoms with Gasteiger partial charge in [0.25, 0.3) is 0 Å². The molecule has 1 aromatic heterocycles. The van der Waals surface area contributed by atoms with E-state index in [2.05, 4.69) is 15.2 Å². The van der Waals surface area contributed by atoms with Crippen molar-refractivity contribution in [2.75, 3.05) is 40.5 Å². The summed E-state index contributed by atoms with van der Waals surface area (Å²) < 4.78 is 0. The van der Waals surface area contributed by atoms with Gasteiger partial charge >= 0.3 is 0 Å². The average Bonchev–Trinajstić information content (AvgIpc) is 3.19. The zero-order valence-electron chi connectivity index (χ0n) is 14.4. The predicted octanol–water partition coefficient (Wildman–Crippen LogP) is 2.76. The highest BCUT2D eigenvalue weighted by molar-refractivity contribution is 8.00. The van der Waals surface area contributed by atoms with E-state index in [0.717, 1.165) is 29.4 Å². The van der Waals surface area contributed by atoms with Gasteiger partial charge in [0.15, 0.2) is 0 Å². The number of hydrogen-bond acceptors (Lipinski definition) is 5. The molecule has 0 unspecified atom stereocenters. The summed E-state index contributed by atoms with van der Waals surface area (Å²) >= 11 is 1.51. The maximum absolute atomic E-state index is 12.4. The van der Waals surface area contributed by atoms with Crippen molar-refractivity contribution in [2.24, 2.45) is 0 Å². The van der Waals surface area contributed by atoms with Crippen molar-refractivity contribution < 1.29 is 9.59 Å². The van der Waals surface area contributed by atoms with Crippen molar-refractivity contribution in [3.8, 4) is 0 Å². The number of hydrogen-bond donors (Lipinski definition) is 1. The van der Waals surface area contributed by atoms with Crippen LogP contribution in [0.2, 0.25) is 0 Å². The van der Waals surface area contributed by atoms with E-state index in [-0.39, 0.29) is 18.4 Å². The van der Waals surface area contributed by atoms with Gasteiger partial charge in [0.05, 0.1) is 23.3 Å². The Labute approximate surface area is 156 Å². The molecule has 0 radical (unpaired) electrons. The summed E-state index contributed by atoms with van der Waals surface area (Å²) in [6, 6.07) is 11.4. The van der Waals surface area contributed by atoms with Crippen LogP contribution in [0.4, 0.5) is 17.2 Å². The molecule has 0 spiro atoms. The van der Waals surface area contributed by atoms with E-state index in [1.807, 2.05) is 36.4 Å². The Morgan fingerprint density at radius 3 is 2.73 bits per heavy atom. The van der Waals surface area contributed by atoms with Crippen LogP contribution in [-0.2, 0) is 9.59 Å².